The van der Waals surface area contributed by atoms with Crippen molar-refractivity contribution in [2.45, 2.75) is 51.0 Å². The van der Waals surface area contributed by atoms with Crippen LogP contribution in [0.4, 0.5) is 13.2 Å². The van der Waals surface area contributed by atoms with E-state index in [4.69, 9.17) is 14.2 Å². The van der Waals surface area contributed by atoms with E-state index in [0.29, 0.717) is 25.1 Å². The molecule has 0 saturated carbocycles. The number of ether oxygens (including phenoxy) is 3. The Morgan fingerprint density at radius 2 is 1.82 bits per heavy atom. The number of halogens is 3. The maximum Gasteiger partial charge on any atom is 0.416 e. The molecule has 4 rings (SSSR count). The summed E-state index contributed by atoms with van der Waals surface area (Å²) in [6.45, 7) is 3.44. The second-order valence-electron chi connectivity index (χ2n) is 8.39. The standard InChI is InChI=1S/C25H27F3N2O3/c1-19-2-4-20(5-3-19)10-11-24(17-30-13-12-29-18-30)32-16-23(33-24)15-31-14-21-6-8-22(9-7-21)25(26,27)28/h2-9,12-13,18,23H,10-11,14-17H2,1H3. The lowest BCUT2D eigenvalue weighted by Gasteiger charge is -2.28. The lowest BCUT2D eigenvalue weighted by Crippen LogP contribution is -2.37. The van der Waals surface area contributed by atoms with Crippen LogP contribution in [-0.2, 0) is 40.0 Å². The van der Waals surface area contributed by atoms with Gasteiger partial charge in [0.2, 0.25) is 0 Å². The summed E-state index contributed by atoms with van der Waals surface area (Å²) in [5.41, 5.74) is 2.42. The maximum absolute atomic E-state index is 12.7. The van der Waals surface area contributed by atoms with Gasteiger partial charge in [-0.05, 0) is 36.6 Å². The molecule has 1 saturated heterocycles. The lowest BCUT2D eigenvalue weighted by molar-refractivity contribution is -0.187. The van der Waals surface area contributed by atoms with Crippen LogP contribution in [0.3, 0.4) is 0 Å². The Balaban J connectivity index is 1.33. The summed E-state index contributed by atoms with van der Waals surface area (Å²) < 4.78 is 58.3. The Morgan fingerprint density at radius 3 is 2.48 bits per heavy atom. The molecule has 3 aromatic rings. The molecule has 0 spiro atoms. The third kappa shape index (κ3) is 6.43. The second-order valence-corrected chi connectivity index (χ2v) is 8.39. The quantitative estimate of drug-likeness (QED) is 0.442. The van der Waals surface area contributed by atoms with Crippen molar-refractivity contribution in [3.05, 3.63) is 89.5 Å². The van der Waals surface area contributed by atoms with Gasteiger partial charge in [0.05, 0.1) is 38.3 Å². The molecule has 0 aliphatic carbocycles. The van der Waals surface area contributed by atoms with Crippen LogP contribution < -0.4 is 0 Å². The van der Waals surface area contributed by atoms with Crippen LogP contribution in [0.1, 0.15) is 28.7 Å². The first-order valence-electron chi connectivity index (χ1n) is 10.9. The molecular formula is C25H27F3N2O3. The number of aromatic nitrogens is 2. The molecule has 176 valence electrons. The van der Waals surface area contributed by atoms with Gasteiger partial charge in [-0.15, -0.1) is 0 Å². The van der Waals surface area contributed by atoms with Gasteiger partial charge in [0, 0.05) is 18.8 Å². The molecule has 1 fully saturated rings. The first-order chi connectivity index (χ1) is 15.8. The van der Waals surface area contributed by atoms with E-state index in [0.717, 1.165) is 18.6 Å². The molecule has 33 heavy (non-hydrogen) atoms. The van der Waals surface area contributed by atoms with Crippen molar-refractivity contribution in [2.75, 3.05) is 13.2 Å². The zero-order valence-corrected chi connectivity index (χ0v) is 18.4. The predicted octanol–water partition coefficient (Wildman–Crippen LogP) is 5.17. The van der Waals surface area contributed by atoms with Crippen molar-refractivity contribution in [3.8, 4) is 0 Å². The number of imidazole rings is 1. The van der Waals surface area contributed by atoms with Crippen LogP contribution in [0.5, 0.6) is 0 Å². The van der Waals surface area contributed by atoms with E-state index in [1.54, 1.807) is 12.5 Å². The minimum atomic E-state index is -4.34. The molecule has 2 heterocycles. The fraction of sp³-hybridized carbons (Fsp3) is 0.400. The molecule has 1 aliphatic heterocycles. The summed E-state index contributed by atoms with van der Waals surface area (Å²) in [4.78, 5) is 4.10. The average Bonchev–Trinajstić information content (AvgIpc) is 3.44. The third-order valence-electron chi connectivity index (χ3n) is 5.67. The van der Waals surface area contributed by atoms with Gasteiger partial charge in [-0.3, -0.25) is 0 Å². The molecule has 1 aromatic heterocycles. The molecule has 2 unspecified atom stereocenters. The predicted molar refractivity (Wildman–Crippen MR) is 116 cm³/mol. The van der Waals surface area contributed by atoms with E-state index >= 15 is 0 Å². The first kappa shape index (κ1) is 23.5. The van der Waals surface area contributed by atoms with E-state index < -0.39 is 17.5 Å². The number of benzene rings is 2. The molecule has 5 nitrogen and oxygen atoms in total. The Labute approximate surface area is 191 Å². The van der Waals surface area contributed by atoms with Crippen molar-refractivity contribution < 1.29 is 27.4 Å². The number of hydrogen-bond acceptors (Lipinski definition) is 4. The molecule has 2 atom stereocenters. The number of hydrogen-bond donors (Lipinski definition) is 0. The maximum atomic E-state index is 12.7. The van der Waals surface area contributed by atoms with Crippen LogP contribution in [0.15, 0.2) is 67.3 Å². The van der Waals surface area contributed by atoms with Gasteiger partial charge in [0.1, 0.15) is 6.10 Å². The minimum absolute atomic E-state index is 0.204. The second kappa shape index (κ2) is 10.1. The fourth-order valence-corrected chi connectivity index (χ4v) is 3.84. The van der Waals surface area contributed by atoms with Crippen LogP contribution >= 0.6 is 0 Å². The third-order valence-corrected chi connectivity index (χ3v) is 5.67. The van der Waals surface area contributed by atoms with E-state index in [2.05, 4.69) is 36.2 Å². The number of rotatable bonds is 9. The van der Waals surface area contributed by atoms with E-state index in [9.17, 15) is 13.2 Å². The van der Waals surface area contributed by atoms with Gasteiger partial charge in [-0.25, -0.2) is 4.98 Å². The molecule has 2 aromatic carbocycles. The van der Waals surface area contributed by atoms with Crippen LogP contribution in [0, 0.1) is 6.92 Å². The Kier molecular flexibility index (Phi) is 7.17. The molecule has 8 heteroatoms. The summed E-state index contributed by atoms with van der Waals surface area (Å²) in [5.74, 6) is -0.798. The van der Waals surface area contributed by atoms with Crippen molar-refractivity contribution in [2.24, 2.45) is 0 Å². The molecule has 0 bridgehead atoms. The highest BCUT2D eigenvalue weighted by atomic mass is 19.4. The molecule has 0 N–H and O–H groups in total. The van der Waals surface area contributed by atoms with Crippen molar-refractivity contribution in [3.63, 3.8) is 0 Å². The van der Waals surface area contributed by atoms with Gasteiger partial charge >= 0.3 is 6.18 Å². The summed E-state index contributed by atoms with van der Waals surface area (Å²) in [6.07, 6.45) is 2.18. The van der Waals surface area contributed by atoms with Crippen LogP contribution in [0.2, 0.25) is 0 Å². The highest BCUT2D eigenvalue weighted by Crippen LogP contribution is 2.32. The summed E-state index contributed by atoms with van der Waals surface area (Å²) in [7, 11) is 0. The van der Waals surface area contributed by atoms with Crippen molar-refractivity contribution >= 4 is 0 Å². The van der Waals surface area contributed by atoms with Gasteiger partial charge in [0.15, 0.2) is 5.79 Å². The highest BCUT2D eigenvalue weighted by Gasteiger charge is 2.41. The topological polar surface area (TPSA) is 45.5 Å². The molecular weight excluding hydrogens is 433 g/mol. The van der Waals surface area contributed by atoms with Crippen LogP contribution in [0.25, 0.3) is 0 Å². The van der Waals surface area contributed by atoms with Gasteiger partial charge in [0.25, 0.3) is 0 Å². The Bertz CT molecular complexity index is 1000. The van der Waals surface area contributed by atoms with E-state index in [1.807, 2.05) is 10.8 Å². The van der Waals surface area contributed by atoms with Gasteiger partial charge in [-0.1, -0.05) is 42.0 Å². The first-order valence-corrected chi connectivity index (χ1v) is 10.9. The fourth-order valence-electron chi connectivity index (χ4n) is 3.84. The average molecular weight is 460 g/mol. The molecule has 0 radical (unpaired) electrons. The molecule has 0 amide bonds. The van der Waals surface area contributed by atoms with Gasteiger partial charge < -0.3 is 18.8 Å². The van der Waals surface area contributed by atoms with Gasteiger partial charge in [-0.2, -0.15) is 13.2 Å². The summed E-state index contributed by atoms with van der Waals surface area (Å²) in [5, 5.41) is 0. The number of aryl methyl sites for hydroxylation is 2. The number of nitrogens with zero attached hydrogens (tertiary/aromatic N) is 2. The number of alkyl halides is 3. The summed E-state index contributed by atoms with van der Waals surface area (Å²) >= 11 is 0. The lowest BCUT2D eigenvalue weighted by atomic mass is 10.0. The molecule has 1 aliphatic rings. The summed E-state index contributed by atoms with van der Waals surface area (Å²) in [6, 6.07) is 13.4. The van der Waals surface area contributed by atoms with Crippen molar-refractivity contribution in [1.29, 1.82) is 0 Å². The smallest absolute Gasteiger partial charge is 0.374 e. The minimum Gasteiger partial charge on any atom is -0.374 e. The monoisotopic (exact) mass is 460 g/mol. The highest BCUT2D eigenvalue weighted by molar-refractivity contribution is 5.24. The Hall–Kier alpha value is -2.68. The van der Waals surface area contributed by atoms with Crippen molar-refractivity contribution in [1.82, 2.24) is 9.55 Å². The van der Waals surface area contributed by atoms with Crippen LogP contribution in [-0.4, -0.2) is 34.7 Å². The largest absolute Gasteiger partial charge is 0.416 e. The van der Waals surface area contributed by atoms with E-state index in [-0.39, 0.29) is 19.3 Å². The Morgan fingerprint density at radius 1 is 1.09 bits per heavy atom. The SMILES string of the molecule is Cc1ccc(CCC2(Cn3ccnc3)OCC(COCc3ccc(C(F)(F)F)cc3)O2)cc1. The van der Waals surface area contributed by atoms with E-state index in [1.165, 1.54) is 23.3 Å². The normalized spacial score (nSPS) is 20.9. The zero-order chi connectivity index (χ0) is 23.3. The zero-order valence-electron chi connectivity index (χ0n) is 18.4.